The van der Waals surface area contributed by atoms with E-state index in [2.05, 4.69) is 33.0 Å². The molecule has 4 amide bonds. The van der Waals surface area contributed by atoms with E-state index < -0.39 is 12.2 Å². The molecule has 0 saturated carbocycles. The van der Waals surface area contributed by atoms with Crippen molar-refractivity contribution in [2.24, 2.45) is 11.8 Å². The van der Waals surface area contributed by atoms with Gasteiger partial charge in [-0.1, -0.05) is 71.9 Å². The van der Waals surface area contributed by atoms with Crippen LogP contribution in [0.1, 0.15) is 59.9 Å². The van der Waals surface area contributed by atoms with Gasteiger partial charge in [-0.05, 0) is 30.2 Å². The van der Waals surface area contributed by atoms with E-state index in [0.29, 0.717) is 32.0 Å². The van der Waals surface area contributed by atoms with Gasteiger partial charge in [0.2, 0.25) is 11.8 Å². The van der Waals surface area contributed by atoms with Gasteiger partial charge in [0, 0.05) is 20.1 Å². The standard InChI is InChI=1S/C24H37N5O3.C2H6/c1-17(2)11-12-27-15-21-28(20(23(27)31)13-18(3)4)22(30)16-26(5)29(21)24(32)25-14-19-9-7-6-8-10-19;1-2/h6-10,17-18,20-21H,11-16H2,1-5H3,(H,25,32);1-2H3/t20-,21?;/m0./s1. The molecule has 2 atom stereocenters. The molecule has 0 bridgehead atoms. The number of hydrogen-bond donors (Lipinski definition) is 1. The molecule has 2 aliphatic rings. The Bertz CT molecular complexity index is 814. The number of nitrogens with zero attached hydrogens (tertiary/aromatic N) is 4. The monoisotopic (exact) mass is 473 g/mol. The topological polar surface area (TPSA) is 76.2 Å². The predicted octanol–water partition coefficient (Wildman–Crippen LogP) is 3.54. The number of carbonyl (C=O) groups is 3. The Morgan fingerprint density at radius 2 is 1.71 bits per heavy atom. The third-order valence-corrected chi connectivity index (χ3v) is 6.11. The van der Waals surface area contributed by atoms with Crippen LogP contribution in [0.3, 0.4) is 0 Å². The summed E-state index contributed by atoms with van der Waals surface area (Å²) in [6, 6.07) is 8.93. The summed E-state index contributed by atoms with van der Waals surface area (Å²) < 4.78 is 0. The molecule has 2 fully saturated rings. The third-order valence-electron chi connectivity index (χ3n) is 6.11. The Morgan fingerprint density at radius 3 is 2.29 bits per heavy atom. The van der Waals surface area contributed by atoms with Gasteiger partial charge in [-0.2, -0.15) is 0 Å². The fraction of sp³-hybridized carbons (Fsp3) is 0.654. The van der Waals surface area contributed by atoms with Gasteiger partial charge in [0.25, 0.3) is 0 Å². The largest absolute Gasteiger partial charge is 0.337 e. The maximum absolute atomic E-state index is 13.3. The molecule has 8 heteroatoms. The number of hydrazine groups is 1. The zero-order valence-electron chi connectivity index (χ0n) is 22.0. The van der Waals surface area contributed by atoms with Gasteiger partial charge in [0.15, 0.2) is 0 Å². The first-order valence-corrected chi connectivity index (χ1v) is 12.6. The summed E-state index contributed by atoms with van der Waals surface area (Å²) >= 11 is 0. The lowest BCUT2D eigenvalue weighted by atomic mass is 9.96. The molecule has 1 aromatic rings. The molecule has 1 N–H and O–H groups in total. The van der Waals surface area contributed by atoms with Gasteiger partial charge >= 0.3 is 6.03 Å². The molecule has 3 rings (SSSR count). The molecule has 8 nitrogen and oxygen atoms in total. The Labute approximate surface area is 205 Å². The van der Waals surface area contributed by atoms with E-state index in [0.717, 1.165) is 12.0 Å². The van der Waals surface area contributed by atoms with Gasteiger partial charge in [-0.25, -0.2) is 14.8 Å². The number of hydrogen-bond acceptors (Lipinski definition) is 4. The third kappa shape index (κ3) is 6.72. The van der Waals surface area contributed by atoms with Crippen LogP contribution in [0.15, 0.2) is 30.3 Å². The summed E-state index contributed by atoms with van der Waals surface area (Å²) in [5.41, 5.74) is 1.00. The highest BCUT2D eigenvalue weighted by atomic mass is 16.2. The van der Waals surface area contributed by atoms with Crippen molar-refractivity contribution < 1.29 is 14.4 Å². The average molecular weight is 474 g/mol. The lowest BCUT2D eigenvalue weighted by Crippen LogP contribution is -2.76. The molecule has 0 aromatic heterocycles. The lowest BCUT2D eigenvalue weighted by Gasteiger charge is -2.54. The molecule has 1 aromatic carbocycles. The summed E-state index contributed by atoms with van der Waals surface area (Å²) in [6.45, 7) is 13.8. The number of urea groups is 1. The molecule has 1 unspecified atom stereocenters. The van der Waals surface area contributed by atoms with Gasteiger partial charge in [0.05, 0.1) is 13.1 Å². The molecule has 2 heterocycles. The number of nitrogens with one attached hydrogen (secondary N) is 1. The minimum absolute atomic E-state index is 0.00172. The minimum Gasteiger partial charge on any atom is -0.337 e. The maximum atomic E-state index is 13.3. The molecule has 190 valence electrons. The highest BCUT2D eigenvalue weighted by molar-refractivity contribution is 5.91. The summed E-state index contributed by atoms with van der Waals surface area (Å²) in [5.74, 6) is 0.609. The highest BCUT2D eigenvalue weighted by Gasteiger charge is 2.50. The molecule has 0 radical (unpaired) electrons. The van der Waals surface area contributed by atoms with E-state index in [1.165, 1.54) is 0 Å². The van der Waals surface area contributed by atoms with Crippen molar-refractivity contribution in [1.29, 1.82) is 0 Å². The first kappa shape index (κ1) is 27.6. The first-order chi connectivity index (χ1) is 16.2. The fourth-order valence-electron chi connectivity index (χ4n) is 4.45. The quantitative estimate of drug-likeness (QED) is 0.657. The summed E-state index contributed by atoms with van der Waals surface area (Å²) in [6.07, 6.45) is 0.963. The van der Waals surface area contributed by atoms with Crippen molar-refractivity contribution in [3.05, 3.63) is 35.9 Å². The van der Waals surface area contributed by atoms with Crippen LogP contribution in [0.25, 0.3) is 0 Å². The van der Waals surface area contributed by atoms with Crippen LogP contribution in [-0.2, 0) is 16.1 Å². The number of benzene rings is 1. The van der Waals surface area contributed by atoms with E-state index in [9.17, 15) is 14.4 Å². The Hall–Kier alpha value is -2.61. The van der Waals surface area contributed by atoms with Crippen molar-refractivity contribution in [1.82, 2.24) is 25.1 Å². The van der Waals surface area contributed by atoms with Crippen LogP contribution in [0.2, 0.25) is 0 Å². The van der Waals surface area contributed by atoms with Crippen molar-refractivity contribution in [2.75, 3.05) is 26.7 Å². The van der Waals surface area contributed by atoms with E-state index in [1.807, 2.05) is 49.1 Å². The van der Waals surface area contributed by atoms with Crippen LogP contribution >= 0.6 is 0 Å². The molecule has 34 heavy (non-hydrogen) atoms. The zero-order chi connectivity index (χ0) is 25.4. The number of fused-ring (bicyclic) bond motifs is 1. The first-order valence-electron chi connectivity index (χ1n) is 12.6. The predicted molar refractivity (Wildman–Crippen MR) is 134 cm³/mol. The van der Waals surface area contributed by atoms with Crippen molar-refractivity contribution >= 4 is 17.8 Å². The van der Waals surface area contributed by atoms with Crippen LogP contribution < -0.4 is 5.32 Å². The van der Waals surface area contributed by atoms with E-state index >= 15 is 0 Å². The summed E-state index contributed by atoms with van der Waals surface area (Å²) in [5, 5.41) is 6.27. The van der Waals surface area contributed by atoms with Crippen LogP contribution in [-0.4, -0.2) is 76.6 Å². The van der Waals surface area contributed by atoms with Crippen LogP contribution in [0.4, 0.5) is 4.79 Å². The van der Waals surface area contributed by atoms with Gasteiger partial charge in [-0.15, -0.1) is 0 Å². The normalized spacial score (nSPS) is 20.9. The molecular formula is C26H43N5O3. The fourth-order valence-corrected chi connectivity index (χ4v) is 4.45. The molecular weight excluding hydrogens is 430 g/mol. The van der Waals surface area contributed by atoms with Gasteiger partial charge in [0.1, 0.15) is 12.2 Å². The Morgan fingerprint density at radius 1 is 1.06 bits per heavy atom. The Balaban J connectivity index is 0.00000199. The second kappa shape index (κ2) is 12.7. The van der Waals surface area contributed by atoms with Gasteiger partial charge in [-0.3, -0.25) is 9.59 Å². The number of amides is 4. The minimum atomic E-state index is -0.536. The maximum Gasteiger partial charge on any atom is 0.334 e. The van der Waals surface area contributed by atoms with Crippen LogP contribution in [0.5, 0.6) is 0 Å². The van der Waals surface area contributed by atoms with Crippen molar-refractivity contribution in [3.8, 4) is 0 Å². The highest BCUT2D eigenvalue weighted by Crippen LogP contribution is 2.29. The second-order valence-corrected chi connectivity index (χ2v) is 9.70. The smallest absolute Gasteiger partial charge is 0.334 e. The summed E-state index contributed by atoms with van der Waals surface area (Å²) in [4.78, 5) is 43.2. The van der Waals surface area contributed by atoms with Crippen molar-refractivity contribution in [2.45, 2.75) is 73.1 Å². The van der Waals surface area contributed by atoms with E-state index in [4.69, 9.17) is 0 Å². The number of piperazine rings is 1. The molecule has 2 saturated heterocycles. The SMILES string of the molecule is CC.CC(C)CCN1CC2N(C(=O)CN(C)N2C(=O)NCc2ccccc2)[C@@H](CC(C)C)C1=O. The molecule has 0 aliphatic carbocycles. The van der Waals surface area contributed by atoms with E-state index in [-0.39, 0.29) is 30.3 Å². The average Bonchev–Trinajstić information content (AvgIpc) is 2.80. The zero-order valence-corrected chi connectivity index (χ0v) is 22.0. The summed E-state index contributed by atoms with van der Waals surface area (Å²) in [7, 11) is 1.75. The molecule has 0 spiro atoms. The van der Waals surface area contributed by atoms with Gasteiger partial charge < -0.3 is 15.1 Å². The second-order valence-electron chi connectivity index (χ2n) is 9.70. The molecule has 2 aliphatic heterocycles. The van der Waals surface area contributed by atoms with Crippen molar-refractivity contribution in [3.63, 3.8) is 0 Å². The Kier molecular flexibility index (Phi) is 10.4. The number of carbonyl (C=O) groups excluding carboxylic acids is 3. The van der Waals surface area contributed by atoms with Crippen LogP contribution in [0, 0.1) is 11.8 Å². The lowest BCUT2D eigenvalue weighted by molar-refractivity contribution is -0.188. The number of likely N-dealkylation sites (N-methyl/N-ethyl adjacent to an activating group) is 1. The number of rotatable bonds is 7. The van der Waals surface area contributed by atoms with E-state index in [1.54, 1.807) is 22.0 Å².